The number of hydrogen-bond donors (Lipinski definition) is 1. The fraction of sp³-hybridized carbons (Fsp3) is 0.382. The predicted molar refractivity (Wildman–Crippen MR) is 167 cm³/mol. The Balaban J connectivity index is 1.64. The van der Waals surface area contributed by atoms with Crippen LogP contribution in [0.2, 0.25) is 0 Å². The molecule has 0 aromatic heterocycles. The van der Waals surface area contributed by atoms with Gasteiger partial charge in [0.2, 0.25) is 0 Å². The number of allylic oxidation sites excluding steroid dienone is 1. The molecule has 0 bridgehead atoms. The third kappa shape index (κ3) is 9.46. The largest absolute Gasteiger partial charge is 0.616 e. The van der Waals surface area contributed by atoms with E-state index in [-0.39, 0.29) is 23.5 Å². The lowest BCUT2D eigenvalue weighted by molar-refractivity contribution is -0.127. The first-order chi connectivity index (χ1) is 19.3. The maximum atomic E-state index is 12.4. The molecule has 2 atom stereocenters. The van der Waals surface area contributed by atoms with E-state index in [1.165, 1.54) is 11.1 Å². The Morgan fingerprint density at radius 2 is 1.55 bits per heavy atom. The molecular formula is C34H43NO4S. The van der Waals surface area contributed by atoms with Gasteiger partial charge in [0.25, 0.3) is 5.91 Å². The van der Waals surface area contributed by atoms with Crippen LogP contribution >= 0.6 is 0 Å². The highest BCUT2D eigenvalue weighted by molar-refractivity contribution is 7.92. The van der Waals surface area contributed by atoms with Crippen LogP contribution in [0.5, 0.6) is 11.5 Å². The van der Waals surface area contributed by atoms with Gasteiger partial charge in [-0.05, 0) is 95.9 Å². The van der Waals surface area contributed by atoms with Gasteiger partial charge >= 0.3 is 0 Å². The molecule has 0 radical (unpaired) electrons. The molecule has 6 heteroatoms. The number of carbonyl (C=O) groups is 1. The summed E-state index contributed by atoms with van der Waals surface area (Å²) in [4.78, 5) is 13.9. The lowest BCUT2D eigenvalue weighted by Crippen LogP contribution is -2.34. The minimum absolute atomic E-state index is 0.0339. The number of rotatable bonds is 15. The van der Waals surface area contributed by atoms with Crippen LogP contribution in [-0.4, -0.2) is 51.7 Å². The van der Waals surface area contributed by atoms with E-state index in [9.17, 15) is 14.5 Å². The second-order valence-electron chi connectivity index (χ2n) is 10.2. The average Bonchev–Trinajstić information content (AvgIpc) is 2.96. The Labute approximate surface area is 243 Å². The summed E-state index contributed by atoms with van der Waals surface area (Å²) in [5.41, 5.74) is 5.66. The molecule has 3 rings (SSSR count). The summed E-state index contributed by atoms with van der Waals surface area (Å²) in [6.07, 6.45) is 4.32. The van der Waals surface area contributed by atoms with Crippen molar-refractivity contribution in [2.24, 2.45) is 0 Å². The predicted octanol–water partition coefficient (Wildman–Crippen LogP) is 7.32. The van der Waals surface area contributed by atoms with Crippen molar-refractivity contribution in [1.29, 1.82) is 0 Å². The van der Waals surface area contributed by atoms with E-state index in [0.29, 0.717) is 12.3 Å². The highest BCUT2D eigenvalue weighted by Crippen LogP contribution is 2.35. The zero-order chi connectivity index (χ0) is 28.9. The number of hydrogen-bond acceptors (Lipinski definition) is 4. The number of nitrogens with zero attached hydrogens (tertiary/aromatic N) is 1. The molecule has 0 heterocycles. The minimum Gasteiger partial charge on any atom is -0.616 e. The van der Waals surface area contributed by atoms with E-state index in [1.54, 1.807) is 24.1 Å². The van der Waals surface area contributed by atoms with Gasteiger partial charge in [-0.1, -0.05) is 74.9 Å². The van der Waals surface area contributed by atoms with Crippen LogP contribution in [0.15, 0.2) is 78.9 Å². The van der Waals surface area contributed by atoms with Crippen LogP contribution in [0.3, 0.4) is 0 Å². The molecule has 0 saturated carbocycles. The lowest BCUT2D eigenvalue weighted by Gasteiger charge is -2.19. The first-order valence-electron chi connectivity index (χ1n) is 14.3. The van der Waals surface area contributed by atoms with Gasteiger partial charge in [0.15, 0.2) is 5.75 Å². The fourth-order valence-electron chi connectivity index (χ4n) is 4.67. The van der Waals surface area contributed by atoms with Crippen molar-refractivity contribution in [3.8, 4) is 11.5 Å². The first-order valence-corrected chi connectivity index (χ1v) is 15.7. The van der Waals surface area contributed by atoms with Crippen molar-refractivity contribution in [3.05, 3.63) is 95.6 Å². The zero-order valence-corrected chi connectivity index (χ0v) is 25.1. The quantitative estimate of drug-likeness (QED) is 0.156. The fourth-order valence-corrected chi connectivity index (χ4v) is 5.80. The van der Waals surface area contributed by atoms with Gasteiger partial charge in [0.1, 0.15) is 17.3 Å². The third-order valence-electron chi connectivity index (χ3n) is 6.95. The number of benzene rings is 3. The Hall–Kier alpha value is -3.22. The Morgan fingerprint density at radius 3 is 2.15 bits per heavy atom. The van der Waals surface area contributed by atoms with E-state index in [4.69, 9.17) is 4.74 Å². The first kappa shape index (κ1) is 31.3. The summed E-state index contributed by atoms with van der Waals surface area (Å²) in [6.45, 7) is 6.99. The molecule has 3 aromatic rings. The average molecular weight is 562 g/mol. The molecule has 2 unspecified atom stereocenters. The topological polar surface area (TPSA) is 72.8 Å². The van der Waals surface area contributed by atoms with Crippen LogP contribution in [0.25, 0.3) is 11.1 Å². The maximum absolute atomic E-state index is 12.4. The van der Waals surface area contributed by atoms with Gasteiger partial charge in [0.05, 0.1) is 6.10 Å². The van der Waals surface area contributed by atoms with Gasteiger partial charge < -0.3 is 19.3 Å². The molecule has 0 saturated heterocycles. The van der Waals surface area contributed by atoms with Crippen molar-refractivity contribution in [3.63, 3.8) is 0 Å². The summed E-state index contributed by atoms with van der Waals surface area (Å²) in [5, 5.41) is 9.86. The molecule has 0 fully saturated rings. The maximum Gasteiger partial charge on any atom is 0.272 e. The summed E-state index contributed by atoms with van der Waals surface area (Å²) in [6, 6.07) is 25.9. The molecular weight excluding hydrogens is 518 g/mol. The SMILES string of the molecule is CCCCN(C)C(=O)C[S+]([O-])CCCC(C)Oc1ccc(/C(=C(\CC)c2ccccc2)c2ccc(O)cc2)cc1. The van der Waals surface area contributed by atoms with Crippen LogP contribution in [-0.2, 0) is 16.0 Å². The Kier molecular flexibility index (Phi) is 12.6. The van der Waals surface area contributed by atoms with Crippen molar-refractivity contribution < 1.29 is 19.2 Å². The van der Waals surface area contributed by atoms with Crippen LogP contribution in [0.1, 0.15) is 69.6 Å². The molecule has 0 aliphatic heterocycles. The normalized spacial score (nSPS) is 13.3. The molecule has 1 N–H and O–H groups in total. The molecule has 3 aromatic carbocycles. The number of amides is 1. The van der Waals surface area contributed by atoms with E-state index in [2.05, 4.69) is 50.2 Å². The molecule has 0 aliphatic rings. The molecule has 5 nitrogen and oxygen atoms in total. The van der Waals surface area contributed by atoms with Gasteiger partial charge in [-0.25, -0.2) is 0 Å². The molecule has 1 amide bonds. The number of ether oxygens (including phenoxy) is 1. The number of phenolic OH excluding ortho intramolecular Hbond substituents is 1. The van der Waals surface area contributed by atoms with Crippen molar-refractivity contribution >= 4 is 28.2 Å². The summed E-state index contributed by atoms with van der Waals surface area (Å²) in [5.74, 6) is 1.58. The lowest BCUT2D eigenvalue weighted by atomic mass is 9.88. The minimum atomic E-state index is -1.16. The Bertz CT molecular complexity index is 1210. The Morgan fingerprint density at radius 1 is 0.925 bits per heavy atom. The van der Waals surface area contributed by atoms with Crippen molar-refractivity contribution in [2.75, 3.05) is 25.1 Å². The monoisotopic (exact) mass is 561 g/mol. The number of carbonyl (C=O) groups excluding carboxylic acids is 1. The highest BCUT2D eigenvalue weighted by Gasteiger charge is 2.18. The highest BCUT2D eigenvalue weighted by atomic mass is 32.2. The third-order valence-corrected chi connectivity index (χ3v) is 8.27. The van der Waals surface area contributed by atoms with Gasteiger partial charge in [0, 0.05) is 13.6 Å². The van der Waals surface area contributed by atoms with Crippen LogP contribution in [0, 0.1) is 0 Å². The van der Waals surface area contributed by atoms with Gasteiger partial charge in [-0.2, -0.15) is 0 Å². The number of unbranched alkanes of at least 4 members (excludes halogenated alkanes) is 1. The smallest absolute Gasteiger partial charge is 0.272 e. The zero-order valence-electron chi connectivity index (χ0n) is 24.3. The standard InChI is InChI=1S/C34H43NO4S/c1-5-7-23-35(4)33(37)25-40(38)24-11-12-26(3)39-31-21-17-29(18-22-31)34(28-15-19-30(36)20-16-28)32(6-2)27-13-9-8-10-14-27/h8-10,13-22,26,36H,5-7,11-12,23-25H2,1-4H3/b34-32+. The van der Waals surface area contributed by atoms with E-state index in [1.807, 2.05) is 37.3 Å². The molecule has 0 spiro atoms. The number of aromatic hydroxyl groups is 1. The summed E-state index contributed by atoms with van der Waals surface area (Å²) >= 11 is -1.16. The molecule has 40 heavy (non-hydrogen) atoms. The summed E-state index contributed by atoms with van der Waals surface area (Å²) in [7, 11) is 1.78. The van der Waals surface area contributed by atoms with E-state index < -0.39 is 11.2 Å². The van der Waals surface area contributed by atoms with Crippen LogP contribution in [0.4, 0.5) is 0 Å². The number of phenols is 1. The van der Waals surface area contributed by atoms with E-state index >= 15 is 0 Å². The van der Waals surface area contributed by atoms with Crippen molar-refractivity contribution in [2.45, 2.75) is 59.0 Å². The summed E-state index contributed by atoms with van der Waals surface area (Å²) < 4.78 is 18.6. The van der Waals surface area contributed by atoms with Gasteiger partial charge in [-0.15, -0.1) is 0 Å². The van der Waals surface area contributed by atoms with Gasteiger partial charge in [-0.3, -0.25) is 4.79 Å². The van der Waals surface area contributed by atoms with Crippen molar-refractivity contribution in [1.82, 2.24) is 4.90 Å². The molecule has 214 valence electrons. The van der Waals surface area contributed by atoms with Crippen LogP contribution < -0.4 is 4.74 Å². The second kappa shape index (κ2) is 16.1. The van der Waals surface area contributed by atoms with E-state index in [0.717, 1.165) is 54.6 Å². The molecule has 0 aliphatic carbocycles. The second-order valence-corrected chi connectivity index (χ2v) is 11.7.